The molecule has 0 atom stereocenters. The van der Waals surface area contributed by atoms with Gasteiger partial charge in [0.2, 0.25) is 0 Å². The van der Waals surface area contributed by atoms with E-state index in [1.165, 1.54) is 5.56 Å². The number of ketones is 1. The summed E-state index contributed by atoms with van der Waals surface area (Å²) < 4.78 is 0. The molecule has 0 aliphatic heterocycles. The third-order valence-electron chi connectivity index (χ3n) is 3.41. The molecule has 0 spiro atoms. The number of rotatable bonds is 3. The molecule has 0 fully saturated rings. The highest BCUT2D eigenvalue weighted by Crippen LogP contribution is 2.24. The Labute approximate surface area is 129 Å². The van der Waals surface area contributed by atoms with Gasteiger partial charge in [-0.15, -0.1) is 0 Å². The summed E-state index contributed by atoms with van der Waals surface area (Å²) in [5.41, 5.74) is 5.09. The van der Waals surface area contributed by atoms with Crippen LogP contribution in [0.3, 0.4) is 0 Å². The first kappa shape index (κ1) is 15.1. The van der Waals surface area contributed by atoms with E-state index in [1.807, 2.05) is 13.8 Å². The van der Waals surface area contributed by atoms with Crippen LogP contribution in [0.25, 0.3) is 0 Å². The van der Waals surface area contributed by atoms with Crippen molar-refractivity contribution in [2.45, 2.75) is 27.2 Å². The number of halogens is 2. The average molecular weight is 307 g/mol. The lowest BCUT2D eigenvalue weighted by Crippen LogP contribution is -2.07. The molecule has 3 heteroatoms. The molecule has 2 aromatic carbocycles. The normalized spacial score (nSPS) is 10.7. The molecule has 2 aromatic rings. The number of carbonyl (C=O) groups excluding carboxylic acids is 1. The van der Waals surface area contributed by atoms with Crippen LogP contribution in [0.2, 0.25) is 10.0 Å². The number of benzene rings is 2. The zero-order valence-electron chi connectivity index (χ0n) is 11.8. The second-order valence-electron chi connectivity index (χ2n) is 5.10. The molecule has 0 bridgehead atoms. The molecule has 0 aliphatic rings. The second kappa shape index (κ2) is 5.99. The van der Waals surface area contributed by atoms with Crippen molar-refractivity contribution in [1.82, 2.24) is 0 Å². The van der Waals surface area contributed by atoms with E-state index in [1.54, 1.807) is 18.2 Å². The summed E-state index contributed by atoms with van der Waals surface area (Å²) in [4.78, 5) is 12.4. The van der Waals surface area contributed by atoms with E-state index >= 15 is 0 Å². The monoisotopic (exact) mass is 306 g/mol. The van der Waals surface area contributed by atoms with Crippen LogP contribution in [-0.2, 0) is 6.42 Å². The highest BCUT2D eigenvalue weighted by atomic mass is 35.5. The van der Waals surface area contributed by atoms with Gasteiger partial charge in [0.05, 0.1) is 5.02 Å². The van der Waals surface area contributed by atoms with E-state index in [-0.39, 0.29) is 5.78 Å². The van der Waals surface area contributed by atoms with Crippen molar-refractivity contribution in [2.24, 2.45) is 0 Å². The van der Waals surface area contributed by atoms with Crippen LogP contribution in [0.5, 0.6) is 0 Å². The Morgan fingerprint density at radius 1 is 1.00 bits per heavy atom. The summed E-state index contributed by atoms with van der Waals surface area (Å²) in [6.45, 7) is 6.12. The van der Waals surface area contributed by atoms with Crippen molar-refractivity contribution >= 4 is 29.0 Å². The fourth-order valence-corrected chi connectivity index (χ4v) is 2.97. The van der Waals surface area contributed by atoms with Gasteiger partial charge in [-0.25, -0.2) is 0 Å². The molecule has 0 aliphatic carbocycles. The molecule has 1 nitrogen and oxygen atoms in total. The van der Waals surface area contributed by atoms with Gasteiger partial charge < -0.3 is 0 Å². The van der Waals surface area contributed by atoms with Crippen molar-refractivity contribution in [3.63, 3.8) is 0 Å². The van der Waals surface area contributed by atoms with Gasteiger partial charge in [0.1, 0.15) is 0 Å². The number of hydrogen-bond donors (Lipinski definition) is 0. The molecule has 0 radical (unpaired) electrons. The van der Waals surface area contributed by atoms with Crippen molar-refractivity contribution < 1.29 is 4.79 Å². The SMILES string of the molecule is Cc1cc(C)c(CC(=O)c2ccc(Cl)cc2Cl)c(C)c1. The molecule has 0 aromatic heterocycles. The third kappa shape index (κ3) is 3.23. The molecule has 0 amide bonds. The fourth-order valence-electron chi connectivity index (χ4n) is 2.46. The summed E-state index contributed by atoms with van der Waals surface area (Å²) in [7, 11) is 0. The molecule has 0 heterocycles. The molecule has 0 N–H and O–H groups in total. The first-order valence-electron chi connectivity index (χ1n) is 6.43. The van der Waals surface area contributed by atoms with Crippen LogP contribution < -0.4 is 0 Å². The largest absolute Gasteiger partial charge is 0.294 e. The Balaban J connectivity index is 2.33. The number of hydrogen-bond acceptors (Lipinski definition) is 1. The maximum absolute atomic E-state index is 12.4. The van der Waals surface area contributed by atoms with Gasteiger partial charge in [0, 0.05) is 17.0 Å². The fraction of sp³-hybridized carbons (Fsp3) is 0.235. The van der Waals surface area contributed by atoms with E-state index < -0.39 is 0 Å². The first-order valence-corrected chi connectivity index (χ1v) is 7.19. The van der Waals surface area contributed by atoms with Crippen LogP contribution >= 0.6 is 23.2 Å². The molecule has 20 heavy (non-hydrogen) atoms. The maximum Gasteiger partial charge on any atom is 0.168 e. The Morgan fingerprint density at radius 3 is 2.15 bits per heavy atom. The van der Waals surface area contributed by atoms with Gasteiger partial charge in [0.15, 0.2) is 5.78 Å². The van der Waals surface area contributed by atoms with Crippen LogP contribution in [0.15, 0.2) is 30.3 Å². The van der Waals surface area contributed by atoms with Crippen LogP contribution in [-0.4, -0.2) is 5.78 Å². The van der Waals surface area contributed by atoms with E-state index in [9.17, 15) is 4.79 Å². The zero-order valence-corrected chi connectivity index (χ0v) is 13.3. The lowest BCUT2D eigenvalue weighted by atomic mass is 9.94. The molecule has 0 saturated heterocycles. The van der Waals surface area contributed by atoms with Gasteiger partial charge in [-0.3, -0.25) is 4.79 Å². The highest BCUT2D eigenvalue weighted by Gasteiger charge is 2.14. The average Bonchev–Trinajstić information content (AvgIpc) is 2.33. The summed E-state index contributed by atoms with van der Waals surface area (Å²) in [6, 6.07) is 9.17. The molecule has 0 saturated carbocycles. The number of Topliss-reactive ketones (excluding diaryl/α,β-unsaturated/α-hetero) is 1. The van der Waals surface area contributed by atoms with E-state index in [2.05, 4.69) is 19.1 Å². The molecule has 2 rings (SSSR count). The summed E-state index contributed by atoms with van der Waals surface area (Å²) >= 11 is 11.9. The number of aryl methyl sites for hydroxylation is 3. The van der Waals surface area contributed by atoms with Crippen molar-refractivity contribution in [1.29, 1.82) is 0 Å². The first-order chi connectivity index (χ1) is 9.38. The van der Waals surface area contributed by atoms with Gasteiger partial charge in [-0.1, -0.05) is 40.9 Å². The summed E-state index contributed by atoms with van der Waals surface area (Å²) in [5, 5.41) is 0.944. The molecule has 104 valence electrons. The maximum atomic E-state index is 12.4. The van der Waals surface area contributed by atoms with Gasteiger partial charge >= 0.3 is 0 Å². The topological polar surface area (TPSA) is 17.1 Å². The summed E-state index contributed by atoms with van der Waals surface area (Å²) in [5.74, 6) is 0.0155. The predicted octanol–water partition coefficient (Wildman–Crippen LogP) is 5.34. The van der Waals surface area contributed by atoms with Crippen LogP contribution in [0, 0.1) is 20.8 Å². The quantitative estimate of drug-likeness (QED) is 0.699. The minimum absolute atomic E-state index is 0.0155. The van der Waals surface area contributed by atoms with E-state index in [4.69, 9.17) is 23.2 Å². The van der Waals surface area contributed by atoms with E-state index in [0.29, 0.717) is 22.0 Å². The molecule has 0 unspecified atom stereocenters. The molecular formula is C17H16Cl2O. The zero-order chi connectivity index (χ0) is 14.9. The van der Waals surface area contributed by atoms with E-state index in [0.717, 1.165) is 16.7 Å². The van der Waals surface area contributed by atoms with Crippen molar-refractivity contribution in [3.8, 4) is 0 Å². The van der Waals surface area contributed by atoms with Gasteiger partial charge in [-0.05, 0) is 55.7 Å². The smallest absolute Gasteiger partial charge is 0.168 e. The lowest BCUT2D eigenvalue weighted by Gasteiger charge is -2.11. The van der Waals surface area contributed by atoms with Crippen molar-refractivity contribution in [3.05, 3.63) is 68.2 Å². The summed E-state index contributed by atoms with van der Waals surface area (Å²) in [6.07, 6.45) is 0.360. The standard InChI is InChI=1S/C17H16Cl2O/c1-10-6-11(2)15(12(3)7-10)9-17(20)14-5-4-13(18)8-16(14)19/h4-8H,9H2,1-3H3. The van der Waals surface area contributed by atoms with Crippen molar-refractivity contribution in [2.75, 3.05) is 0 Å². The highest BCUT2D eigenvalue weighted by molar-refractivity contribution is 6.36. The van der Waals surface area contributed by atoms with Gasteiger partial charge in [0.25, 0.3) is 0 Å². The number of carbonyl (C=O) groups is 1. The van der Waals surface area contributed by atoms with Crippen LogP contribution in [0.1, 0.15) is 32.6 Å². The minimum Gasteiger partial charge on any atom is -0.294 e. The Kier molecular flexibility index (Phi) is 4.52. The Bertz CT molecular complexity index is 652. The van der Waals surface area contributed by atoms with Crippen LogP contribution in [0.4, 0.5) is 0 Å². The van der Waals surface area contributed by atoms with Gasteiger partial charge in [-0.2, -0.15) is 0 Å². The third-order valence-corrected chi connectivity index (χ3v) is 3.96. The Morgan fingerprint density at radius 2 is 1.60 bits per heavy atom. The predicted molar refractivity (Wildman–Crippen MR) is 85.1 cm³/mol. The Hall–Kier alpha value is -1.31. The minimum atomic E-state index is 0.0155. The lowest BCUT2D eigenvalue weighted by molar-refractivity contribution is 0.0992. The molecular weight excluding hydrogens is 291 g/mol. The second-order valence-corrected chi connectivity index (χ2v) is 5.95.